The van der Waals surface area contributed by atoms with Crippen LogP contribution >= 0.6 is 0 Å². The largest absolute Gasteiger partial charge is 0.505 e. The molecule has 3 aliphatic rings. The Morgan fingerprint density at radius 1 is 0.969 bits per heavy atom. The van der Waals surface area contributed by atoms with Crippen LogP contribution in [0.2, 0.25) is 0 Å². The molecule has 14 heteroatoms. The molecular weight excluding hydrogens is 430 g/mol. The minimum Gasteiger partial charge on any atom is -0.505 e. The van der Waals surface area contributed by atoms with Gasteiger partial charge in [-0.1, -0.05) is 0 Å². The number of hydrogen-bond acceptors (Lipinski definition) is 14. The molecule has 2 aliphatic heterocycles. The number of aliphatic hydroxyl groups is 5. The van der Waals surface area contributed by atoms with Crippen LogP contribution in [-0.4, -0.2) is 81.7 Å². The zero-order valence-corrected chi connectivity index (χ0v) is 17.0. The first-order valence-corrected chi connectivity index (χ1v) is 9.73. The number of rotatable bonds is 6. The first-order chi connectivity index (χ1) is 15.1. The summed E-state index contributed by atoms with van der Waals surface area (Å²) in [5.74, 6) is -1.83. The molecule has 0 aromatic heterocycles. The normalized spacial score (nSPS) is 36.0. The third kappa shape index (κ3) is 4.42. The van der Waals surface area contributed by atoms with Crippen molar-refractivity contribution in [1.29, 1.82) is 0 Å². The van der Waals surface area contributed by atoms with E-state index in [1.807, 2.05) is 0 Å². The van der Waals surface area contributed by atoms with Crippen LogP contribution in [0.15, 0.2) is 46.3 Å². The van der Waals surface area contributed by atoms with Crippen LogP contribution in [0.5, 0.6) is 0 Å². The van der Waals surface area contributed by atoms with Crippen molar-refractivity contribution in [3.8, 4) is 0 Å². The van der Waals surface area contributed by atoms with Gasteiger partial charge in [0.25, 0.3) is 6.29 Å². The van der Waals surface area contributed by atoms with Gasteiger partial charge in [-0.3, -0.25) is 0 Å². The van der Waals surface area contributed by atoms with Crippen molar-refractivity contribution in [1.82, 2.24) is 0 Å². The fraction of sp³-hybridized carbons (Fsp3) is 0.556. The Labute approximate surface area is 182 Å². The fourth-order valence-corrected chi connectivity index (χ4v) is 3.59. The van der Waals surface area contributed by atoms with Crippen LogP contribution in [-0.2, 0) is 18.9 Å². The number of hydrogen-bond donors (Lipinski definition) is 10. The second kappa shape index (κ2) is 9.41. The highest BCUT2D eigenvalue weighted by Gasteiger charge is 2.47. The summed E-state index contributed by atoms with van der Waals surface area (Å²) in [6.45, 7) is -0.838. The number of aliphatic hydroxyl groups excluding tert-OH is 5. The summed E-state index contributed by atoms with van der Waals surface area (Å²) in [4.78, 5) is 0. The van der Waals surface area contributed by atoms with E-state index in [2.05, 4.69) is 0 Å². The van der Waals surface area contributed by atoms with Gasteiger partial charge in [0.05, 0.1) is 12.2 Å². The number of ether oxygens (including phenoxy) is 4. The molecular formula is C18H29N5O9. The van der Waals surface area contributed by atoms with Gasteiger partial charge in [-0.25, -0.2) is 0 Å². The van der Waals surface area contributed by atoms with E-state index in [0.717, 1.165) is 0 Å². The summed E-state index contributed by atoms with van der Waals surface area (Å²) < 4.78 is 22.1. The van der Waals surface area contributed by atoms with Crippen molar-refractivity contribution in [3.05, 3.63) is 46.3 Å². The highest BCUT2D eigenvalue weighted by Crippen LogP contribution is 2.31. The second-order valence-corrected chi connectivity index (χ2v) is 7.54. The summed E-state index contributed by atoms with van der Waals surface area (Å²) in [6.07, 6.45) is -5.12. The van der Waals surface area contributed by atoms with E-state index < -0.39 is 66.8 Å². The Morgan fingerprint density at radius 3 is 2.09 bits per heavy atom. The highest BCUT2D eigenvalue weighted by molar-refractivity contribution is 5.31. The topological polar surface area (TPSA) is 268 Å². The lowest BCUT2D eigenvalue weighted by atomic mass is 9.84. The maximum Gasteiger partial charge on any atom is 0.261 e. The standard InChI is InChI=1S/C18H29N5O9/c19-3-9-8(25)2-7(22)17(29-9)31-15-5(20)1-6(21)16(14(15)28)32-18-13(27)11(23)12(26)10(4-24)30-18/h2,5-6,14-18,24-28H,1,3-4,19-23H2. The highest BCUT2D eigenvalue weighted by atomic mass is 16.7. The van der Waals surface area contributed by atoms with Gasteiger partial charge in [-0.2, -0.15) is 0 Å². The molecule has 3 rings (SSSR count). The molecule has 1 fully saturated rings. The Hall–Kier alpha value is -2.72. The molecule has 14 nitrogen and oxygen atoms in total. The zero-order valence-electron chi connectivity index (χ0n) is 17.0. The Morgan fingerprint density at radius 2 is 1.53 bits per heavy atom. The second-order valence-electron chi connectivity index (χ2n) is 7.54. The van der Waals surface area contributed by atoms with E-state index in [1.54, 1.807) is 0 Å². The van der Waals surface area contributed by atoms with E-state index in [-0.39, 0.29) is 35.9 Å². The summed E-state index contributed by atoms with van der Waals surface area (Å²) >= 11 is 0. The lowest BCUT2D eigenvalue weighted by Crippen LogP contribution is -2.64. The predicted octanol–water partition coefficient (Wildman–Crippen LogP) is -3.05. The van der Waals surface area contributed by atoms with Gasteiger partial charge < -0.3 is 73.1 Å². The summed E-state index contributed by atoms with van der Waals surface area (Å²) in [5, 5.41) is 50.0. The van der Waals surface area contributed by atoms with Crippen LogP contribution in [0.3, 0.4) is 0 Å². The van der Waals surface area contributed by atoms with E-state index >= 15 is 0 Å². The summed E-state index contributed by atoms with van der Waals surface area (Å²) in [6, 6.07) is -1.56. The minimum absolute atomic E-state index is 0.0172. The van der Waals surface area contributed by atoms with Crippen LogP contribution in [0, 0.1) is 0 Å². The molecule has 0 bridgehead atoms. The van der Waals surface area contributed by atoms with Gasteiger partial charge in [0.15, 0.2) is 28.8 Å². The molecule has 15 N–H and O–H groups in total. The lowest BCUT2D eigenvalue weighted by Gasteiger charge is -2.44. The van der Waals surface area contributed by atoms with Gasteiger partial charge in [0.1, 0.15) is 30.6 Å². The average molecular weight is 459 g/mol. The monoisotopic (exact) mass is 459 g/mol. The number of allylic oxidation sites excluding steroid dienone is 1. The van der Waals surface area contributed by atoms with Crippen molar-refractivity contribution < 1.29 is 44.5 Å². The molecule has 0 aromatic carbocycles. The van der Waals surface area contributed by atoms with Crippen molar-refractivity contribution in [3.63, 3.8) is 0 Å². The maximum atomic E-state index is 10.9. The van der Waals surface area contributed by atoms with Crippen LogP contribution in [0.25, 0.3) is 0 Å². The third-order valence-corrected chi connectivity index (χ3v) is 5.33. The minimum atomic E-state index is -1.56. The van der Waals surface area contributed by atoms with E-state index in [9.17, 15) is 25.5 Å². The molecule has 7 atom stereocenters. The Kier molecular flexibility index (Phi) is 7.04. The van der Waals surface area contributed by atoms with Crippen LogP contribution in [0.4, 0.5) is 0 Å². The smallest absolute Gasteiger partial charge is 0.261 e. The first kappa shape index (κ1) is 23.9. The molecule has 0 saturated heterocycles. The van der Waals surface area contributed by atoms with Gasteiger partial charge in [0, 0.05) is 18.2 Å². The third-order valence-electron chi connectivity index (χ3n) is 5.33. The van der Waals surface area contributed by atoms with Gasteiger partial charge in [0.2, 0.25) is 6.29 Å². The van der Waals surface area contributed by atoms with Crippen molar-refractivity contribution in [2.75, 3.05) is 13.2 Å². The first-order valence-electron chi connectivity index (χ1n) is 9.73. The molecule has 180 valence electrons. The van der Waals surface area contributed by atoms with Gasteiger partial charge in [-0.05, 0) is 6.42 Å². The Balaban J connectivity index is 1.76. The quantitative estimate of drug-likeness (QED) is 0.189. The average Bonchev–Trinajstić information content (AvgIpc) is 2.75. The van der Waals surface area contributed by atoms with E-state index in [4.69, 9.17) is 47.6 Å². The predicted molar refractivity (Wildman–Crippen MR) is 108 cm³/mol. The van der Waals surface area contributed by atoms with Crippen molar-refractivity contribution in [2.45, 2.75) is 49.4 Å². The summed E-state index contributed by atoms with van der Waals surface area (Å²) in [7, 11) is 0. The molecule has 0 spiro atoms. The van der Waals surface area contributed by atoms with E-state index in [0.29, 0.717) is 0 Å². The van der Waals surface area contributed by atoms with Crippen molar-refractivity contribution in [2.24, 2.45) is 28.7 Å². The molecule has 32 heavy (non-hydrogen) atoms. The van der Waals surface area contributed by atoms with Crippen molar-refractivity contribution >= 4 is 0 Å². The molecule has 2 heterocycles. The fourth-order valence-electron chi connectivity index (χ4n) is 3.59. The van der Waals surface area contributed by atoms with E-state index in [1.165, 1.54) is 6.08 Å². The molecule has 0 aromatic rings. The Bertz CT molecular complexity index is 858. The molecule has 1 aliphatic carbocycles. The lowest BCUT2D eigenvalue weighted by molar-refractivity contribution is -0.235. The van der Waals surface area contributed by atoms with Gasteiger partial charge in [-0.15, -0.1) is 0 Å². The van der Waals surface area contributed by atoms with Crippen LogP contribution in [0.1, 0.15) is 6.42 Å². The molecule has 0 amide bonds. The SMILES string of the molecule is NCC1=C(O)C=C(N)C(OC2C(N)CC(N)C(OC3OC(CO)=C(O)C(N)=C3O)C2O)O1. The molecule has 0 radical (unpaired) electrons. The number of nitrogens with two attached hydrogens (primary N) is 5. The van der Waals surface area contributed by atoms with Gasteiger partial charge >= 0.3 is 0 Å². The zero-order chi connectivity index (χ0) is 23.7. The van der Waals surface area contributed by atoms with Crippen LogP contribution < -0.4 is 28.7 Å². The maximum absolute atomic E-state index is 10.9. The molecule has 1 saturated carbocycles. The molecule has 7 unspecified atom stereocenters. The summed E-state index contributed by atoms with van der Waals surface area (Å²) in [5.41, 5.74) is 28.8.